The number of ether oxygens (including phenoxy) is 2. The summed E-state index contributed by atoms with van der Waals surface area (Å²) in [5.74, 6) is 2.60. The maximum atomic E-state index is 11.1. The van der Waals surface area contributed by atoms with Crippen molar-refractivity contribution in [3.05, 3.63) is 302 Å². The quantitative estimate of drug-likeness (QED) is 0.136. The van der Waals surface area contributed by atoms with Gasteiger partial charge in [0.25, 0.3) is 0 Å². The Labute approximate surface area is 497 Å². The van der Waals surface area contributed by atoms with Gasteiger partial charge >= 0.3 is 0 Å². The normalized spacial score (nSPS) is 11.7. The van der Waals surface area contributed by atoms with E-state index in [1.807, 2.05) is 24.3 Å². The number of aliphatic hydroxyl groups excluding tert-OH is 2. The molecule has 0 aliphatic heterocycles. The number of benzene rings is 16. The predicted molar refractivity (Wildman–Crippen MR) is 359 cm³/mol. The molecule has 0 aliphatic rings. The van der Waals surface area contributed by atoms with Crippen LogP contribution in [0.2, 0.25) is 0 Å². The molecule has 0 unspecified atom stereocenters. The van der Waals surface area contributed by atoms with Crippen LogP contribution in [-0.4, -0.2) is 10.2 Å². The molecule has 16 aromatic rings. The van der Waals surface area contributed by atoms with Gasteiger partial charge in [0.15, 0.2) is 0 Å². The molecule has 406 valence electrons. The van der Waals surface area contributed by atoms with Crippen LogP contribution in [0.3, 0.4) is 0 Å². The molecule has 0 saturated carbocycles. The Kier molecular flexibility index (Phi) is 12.5. The van der Waals surface area contributed by atoms with Gasteiger partial charge in [0, 0.05) is 33.0 Å². The molecule has 0 atom stereocenters. The summed E-state index contributed by atoms with van der Waals surface area (Å²) in [5.41, 5.74) is 11.5. The van der Waals surface area contributed by atoms with Gasteiger partial charge in [0.2, 0.25) is 0 Å². The lowest BCUT2D eigenvalue weighted by Gasteiger charge is -2.24. The fourth-order valence-electron chi connectivity index (χ4n) is 13.5. The predicted octanol–water partition coefficient (Wildman–Crippen LogP) is 21.8. The largest absolute Gasteiger partial charge is 0.455 e. The molecular weight excluding hydrogens is 1050 g/mol. The van der Waals surface area contributed by atoms with E-state index < -0.39 is 0 Å². The van der Waals surface area contributed by atoms with Crippen LogP contribution in [-0.2, 0) is 13.2 Å². The molecule has 0 fully saturated rings. The first-order chi connectivity index (χ1) is 42.6. The van der Waals surface area contributed by atoms with Gasteiger partial charge in [-0.3, -0.25) is 0 Å². The van der Waals surface area contributed by atoms with E-state index in [0.717, 1.165) is 131 Å². The first-order valence-corrected chi connectivity index (χ1v) is 29.3. The molecule has 0 bridgehead atoms. The SMILES string of the molecule is OCc1cc(-c2cccc3ccccc23)c(Oc2ccc3cc(-c4cccc5ccccc45)ccc3c2-c2c(Oc3c(-c4cccc5ccccc45)cc(CO)c4ccccc34)ccc3cc(-c4cccc5ccccc45)ccc23)c2ccccc12. The molecule has 0 aliphatic carbocycles. The summed E-state index contributed by atoms with van der Waals surface area (Å²) < 4.78 is 15.7. The van der Waals surface area contributed by atoms with Gasteiger partial charge in [-0.25, -0.2) is 0 Å². The number of hydrogen-bond acceptors (Lipinski definition) is 4. The summed E-state index contributed by atoms with van der Waals surface area (Å²) >= 11 is 0. The highest BCUT2D eigenvalue weighted by atomic mass is 16.5. The van der Waals surface area contributed by atoms with E-state index in [1.165, 1.54) is 21.5 Å². The van der Waals surface area contributed by atoms with Gasteiger partial charge in [-0.2, -0.15) is 0 Å². The van der Waals surface area contributed by atoms with Gasteiger partial charge in [0.05, 0.1) is 13.2 Å². The second-order valence-electron chi connectivity index (χ2n) is 22.3. The molecule has 4 heteroatoms. The summed E-state index contributed by atoms with van der Waals surface area (Å²) in [6.07, 6.45) is 0. The van der Waals surface area contributed by atoms with Crippen LogP contribution in [0, 0.1) is 0 Å². The van der Waals surface area contributed by atoms with Crippen molar-refractivity contribution < 1.29 is 19.7 Å². The molecular formula is C82H54O4. The van der Waals surface area contributed by atoms with Crippen molar-refractivity contribution in [2.45, 2.75) is 13.2 Å². The summed E-state index contributed by atoms with van der Waals surface area (Å²) in [7, 11) is 0. The maximum absolute atomic E-state index is 11.1. The minimum Gasteiger partial charge on any atom is -0.455 e. The highest BCUT2D eigenvalue weighted by Gasteiger charge is 2.26. The van der Waals surface area contributed by atoms with Crippen LogP contribution in [0.1, 0.15) is 11.1 Å². The zero-order valence-corrected chi connectivity index (χ0v) is 46.8. The van der Waals surface area contributed by atoms with Gasteiger partial charge in [-0.15, -0.1) is 0 Å². The fraction of sp³-hybridized carbons (Fsp3) is 0.0244. The van der Waals surface area contributed by atoms with E-state index in [4.69, 9.17) is 9.47 Å². The minimum absolute atomic E-state index is 0.148. The van der Waals surface area contributed by atoms with Crippen molar-refractivity contribution in [2.24, 2.45) is 0 Å². The summed E-state index contributed by atoms with van der Waals surface area (Å²) in [6, 6.07) is 103. The highest BCUT2D eigenvalue weighted by molar-refractivity contribution is 6.14. The Morgan fingerprint density at radius 3 is 0.907 bits per heavy atom. The molecule has 16 rings (SSSR count). The average Bonchev–Trinajstić information content (AvgIpc) is 1.05. The van der Waals surface area contributed by atoms with Crippen molar-refractivity contribution in [2.75, 3.05) is 0 Å². The fourth-order valence-corrected chi connectivity index (χ4v) is 13.5. The standard InChI is InChI=1S/C82H54O4/c83-49-59-47-75(71-35-15-23-53-19-3-7-27-63(53)71)81(73-31-11-9-29-67(59)73)85-77-43-39-57-45-55(65-33-13-21-51-17-1-5-25-61(51)65)37-41-69(57)79(77)80-70-42-38-56(66-34-14-22-52-18-2-6-26-62(52)66)46-58(70)40-44-78(80)86-82-74-32-12-10-30-68(74)60(50-84)48-76(82)72-36-16-24-54-20-4-8-28-64(54)72/h1-48,83-84H,49-50H2. The Bertz CT molecular complexity index is 5050. The van der Waals surface area contributed by atoms with Crippen LogP contribution >= 0.6 is 0 Å². The molecule has 0 heterocycles. The molecule has 2 N–H and O–H groups in total. The highest BCUT2D eigenvalue weighted by Crippen LogP contribution is 2.53. The second kappa shape index (κ2) is 21.1. The van der Waals surface area contributed by atoms with Crippen molar-refractivity contribution in [3.63, 3.8) is 0 Å². The zero-order valence-electron chi connectivity index (χ0n) is 46.8. The van der Waals surface area contributed by atoms with E-state index in [0.29, 0.717) is 23.0 Å². The Morgan fingerprint density at radius 1 is 0.221 bits per heavy atom. The zero-order chi connectivity index (χ0) is 57.2. The van der Waals surface area contributed by atoms with E-state index >= 15 is 0 Å². The van der Waals surface area contributed by atoms with Crippen LogP contribution in [0.4, 0.5) is 0 Å². The minimum atomic E-state index is -0.148. The van der Waals surface area contributed by atoms with Crippen LogP contribution in [0.5, 0.6) is 23.0 Å². The van der Waals surface area contributed by atoms with Gasteiger partial charge in [-0.05, 0) is 156 Å². The van der Waals surface area contributed by atoms with E-state index in [-0.39, 0.29) is 13.2 Å². The van der Waals surface area contributed by atoms with Gasteiger partial charge in [0.1, 0.15) is 23.0 Å². The van der Waals surface area contributed by atoms with Crippen LogP contribution < -0.4 is 9.47 Å². The molecule has 0 saturated heterocycles. The topological polar surface area (TPSA) is 58.9 Å². The number of fused-ring (bicyclic) bond motifs is 8. The first-order valence-electron chi connectivity index (χ1n) is 29.3. The Hall–Kier alpha value is -10.9. The molecule has 86 heavy (non-hydrogen) atoms. The lowest BCUT2D eigenvalue weighted by atomic mass is 9.88. The third-order valence-corrected chi connectivity index (χ3v) is 17.5. The molecule has 0 spiro atoms. The van der Waals surface area contributed by atoms with Crippen LogP contribution in [0.25, 0.3) is 142 Å². The number of hydrogen-bond donors (Lipinski definition) is 2. The maximum Gasteiger partial charge on any atom is 0.143 e. The Balaban J connectivity index is 1.01. The lowest BCUT2D eigenvalue weighted by Crippen LogP contribution is -2.00. The van der Waals surface area contributed by atoms with E-state index in [2.05, 4.69) is 267 Å². The van der Waals surface area contributed by atoms with Crippen molar-refractivity contribution >= 4 is 86.2 Å². The van der Waals surface area contributed by atoms with Crippen LogP contribution in [0.15, 0.2) is 291 Å². The molecule has 16 aromatic carbocycles. The van der Waals surface area contributed by atoms with Crippen molar-refractivity contribution in [1.82, 2.24) is 0 Å². The first kappa shape index (κ1) is 50.8. The van der Waals surface area contributed by atoms with Gasteiger partial charge < -0.3 is 19.7 Å². The summed E-state index contributed by atoms with van der Waals surface area (Å²) in [4.78, 5) is 0. The lowest BCUT2D eigenvalue weighted by molar-refractivity contribution is 0.283. The molecule has 0 aromatic heterocycles. The average molecular weight is 1100 g/mol. The van der Waals surface area contributed by atoms with E-state index in [1.54, 1.807) is 0 Å². The third kappa shape index (κ3) is 8.53. The van der Waals surface area contributed by atoms with Crippen molar-refractivity contribution in [3.8, 4) is 78.6 Å². The molecule has 0 radical (unpaired) electrons. The molecule has 4 nitrogen and oxygen atoms in total. The smallest absolute Gasteiger partial charge is 0.143 e. The Morgan fingerprint density at radius 2 is 0.535 bits per heavy atom. The van der Waals surface area contributed by atoms with E-state index in [9.17, 15) is 10.2 Å². The third-order valence-electron chi connectivity index (χ3n) is 17.5. The second-order valence-corrected chi connectivity index (χ2v) is 22.3. The van der Waals surface area contributed by atoms with Gasteiger partial charge in [-0.1, -0.05) is 255 Å². The van der Waals surface area contributed by atoms with Crippen molar-refractivity contribution in [1.29, 1.82) is 0 Å². The number of rotatable bonds is 11. The summed E-state index contributed by atoms with van der Waals surface area (Å²) in [5, 5.41) is 38.9. The molecule has 0 amide bonds. The summed E-state index contributed by atoms with van der Waals surface area (Å²) in [6.45, 7) is -0.296. The monoisotopic (exact) mass is 1100 g/mol. The number of aliphatic hydroxyl groups is 2.